The lowest BCUT2D eigenvalue weighted by atomic mass is 10.1. The van der Waals surface area contributed by atoms with Gasteiger partial charge in [0.1, 0.15) is 0 Å². The van der Waals surface area contributed by atoms with Gasteiger partial charge in [0.05, 0.1) is 22.4 Å². The second kappa shape index (κ2) is 6.45. The third-order valence-corrected chi connectivity index (χ3v) is 4.20. The van der Waals surface area contributed by atoms with Gasteiger partial charge < -0.3 is 9.88 Å². The Morgan fingerprint density at radius 1 is 1.15 bits per heavy atom. The molecule has 2 aromatic carbocycles. The molecule has 7 nitrogen and oxygen atoms in total. The van der Waals surface area contributed by atoms with Gasteiger partial charge in [0, 0.05) is 23.5 Å². The summed E-state index contributed by atoms with van der Waals surface area (Å²) in [5.41, 5.74) is 1.05. The van der Waals surface area contributed by atoms with Crippen LogP contribution in [0.25, 0.3) is 16.5 Å². The van der Waals surface area contributed by atoms with Crippen molar-refractivity contribution >= 4 is 34.0 Å². The molecule has 0 saturated heterocycles. The van der Waals surface area contributed by atoms with E-state index >= 15 is 0 Å². The molecule has 2 heterocycles. The van der Waals surface area contributed by atoms with Crippen LogP contribution in [-0.4, -0.2) is 25.7 Å². The molecule has 0 radical (unpaired) electrons. The second-order valence-electron chi connectivity index (χ2n) is 5.54. The number of aromatic nitrogens is 4. The maximum absolute atomic E-state index is 12.6. The predicted octanol–water partition coefficient (Wildman–Crippen LogP) is 3.01. The number of halogens is 1. The number of nitrogens with zero attached hydrogens (tertiary/aromatic N) is 3. The monoisotopic (exact) mass is 365 g/mol. The fraction of sp³-hybridized carbons (Fsp3) is 0. The molecule has 1 amide bonds. The second-order valence-corrected chi connectivity index (χ2v) is 5.94. The average molecular weight is 366 g/mol. The summed E-state index contributed by atoms with van der Waals surface area (Å²) in [6.07, 6.45) is 5.06. The van der Waals surface area contributed by atoms with E-state index < -0.39 is 5.91 Å². The Morgan fingerprint density at radius 2 is 1.96 bits per heavy atom. The van der Waals surface area contributed by atoms with Crippen molar-refractivity contribution in [2.45, 2.75) is 0 Å². The van der Waals surface area contributed by atoms with Crippen molar-refractivity contribution in [1.29, 1.82) is 0 Å². The zero-order valence-electron chi connectivity index (χ0n) is 13.3. The number of rotatable bonds is 3. The molecule has 0 aliphatic heterocycles. The largest absolute Gasteiger partial charge is 0.321 e. The van der Waals surface area contributed by atoms with Gasteiger partial charge in [0.25, 0.3) is 11.5 Å². The molecule has 0 atom stereocenters. The molecule has 128 valence electrons. The number of hydrogen-bond acceptors (Lipinski definition) is 4. The molecule has 0 saturated carbocycles. The Kier molecular flexibility index (Phi) is 3.98. The van der Waals surface area contributed by atoms with Gasteiger partial charge in [-0.25, -0.2) is 10.1 Å². The number of fused-ring (bicyclic) bond motifs is 1. The number of imidazole rings is 1. The maximum atomic E-state index is 12.6. The number of H-pyrrole nitrogens is 1. The topological polar surface area (TPSA) is 92.7 Å². The highest BCUT2D eigenvalue weighted by molar-refractivity contribution is 6.32. The van der Waals surface area contributed by atoms with Crippen LogP contribution in [0, 0.1) is 0 Å². The number of nitrogens with one attached hydrogen (secondary N) is 2. The quantitative estimate of drug-likeness (QED) is 0.583. The lowest BCUT2D eigenvalue weighted by Gasteiger charge is -2.10. The van der Waals surface area contributed by atoms with E-state index in [1.54, 1.807) is 65.8 Å². The van der Waals surface area contributed by atoms with Crippen molar-refractivity contribution in [3.8, 4) is 5.69 Å². The lowest BCUT2D eigenvalue weighted by molar-refractivity contribution is 0.102. The van der Waals surface area contributed by atoms with Crippen LogP contribution < -0.4 is 10.9 Å². The summed E-state index contributed by atoms with van der Waals surface area (Å²) in [5, 5.41) is 10.3. The van der Waals surface area contributed by atoms with Gasteiger partial charge in [-0.05, 0) is 24.3 Å². The third kappa shape index (κ3) is 2.84. The zero-order chi connectivity index (χ0) is 18.1. The average Bonchev–Trinajstić information content (AvgIpc) is 3.16. The van der Waals surface area contributed by atoms with Crippen LogP contribution >= 0.6 is 11.6 Å². The van der Waals surface area contributed by atoms with Crippen molar-refractivity contribution in [3.05, 3.63) is 82.3 Å². The predicted molar refractivity (Wildman–Crippen MR) is 98.9 cm³/mol. The van der Waals surface area contributed by atoms with Crippen LogP contribution in [-0.2, 0) is 0 Å². The molecule has 4 rings (SSSR count). The number of amides is 1. The van der Waals surface area contributed by atoms with E-state index in [4.69, 9.17) is 11.6 Å². The van der Waals surface area contributed by atoms with E-state index in [2.05, 4.69) is 20.5 Å². The number of benzene rings is 2. The molecule has 0 bridgehead atoms. The van der Waals surface area contributed by atoms with E-state index in [0.717, 1.165) is 5.69 Å². The number of carbonyl (C=O) groups excluding carboxylic acids is 1. The van der Waals surface area contributed by atoms with Gasteiger partial charge >= 0.3 is 0 Å². The molecular formula is C18H12ClN5O2. The molecule has 0 unspecified atom stereocenters. The minimum absolute atomic E-state index is 0.134. The first kappa shape index (κ1) is 16.0. The standard InChI is InChI=1S/C18H12ClN5O2/c19-14-9-11(5-6-15(14)24-8-7-20-10-24)21-18(26)16-12-3-1-2-4-13(12)17(25)23-22-16/h1-10H,(H,21,26)(H,23,25). The molecule has 0 aliphatic rings. The van der Waals surface area contributed by atoms with Gasteiger partial charge in [0.2, 0.25) is 0 Å². The van der Waals surface area contributed by atoms with Gasteiger partial charge in [0.15, 0.2) is 5.69 Å². The summed E-state index contributed by atoms with van der Waals surface area (Å²) in [6, 6.07) is 11.9. The molecular weight excluding hydrogens is 354 g/mol. The summed E-state index contributed by atoms with van der Waals surface area (Å²) < 4.78 is 1.77. The van der Waals surface area contributed by atoms with Crippen LogP contribution in [0.5, 0.6) is 0 Å². The lowest BCUT2D eigenvalue weighted by Crippen LogP contribution is -2.19. The SMILES string of the molecule is O=C(Nc1ccc(-n2ccnc2)c(Cl)c1)c1n[nH]c(=O)c2ccccc12. The van der Waals surface area contributed by atoms with Crippen LogP contribution in [0.1, 0.15) is 10.5 Å². The first-order chi connectivity index (χ1) is 12.6. The number of hydrogen-bond donors (Lipinski definition) is 2. The molecule has 8 heteroatoms. The van der Waals surface area contributed by atoms with Crippen molar-refractivity contribution in [2.24, 2.45) is 0 Å². The Hall–Kier alpha value is -3.45. The zero-order valence-corrected chi connectivity index (χ0v) is 14.1. The van der Waals surface area contributed by atoms with E-state index in [0.29, 0.717) is 21.5 Å². The Bertz CT molecular complexity index is 1170. The summed E-state index contributed by atoms with van der Waals surface area (Å²) in [5.74, 6) is -0.441. The number of anilines is 1. The number of aromatic amines is 1. The highest BCUT2D eigenvalue weighted by Gasteiger charge is 2.15. The smallest absolute Gasteiger partial charge is 0.276 e. The highest BCUT2D eigenvalue weighted by Crippen LogP contribution is 2.25. The molecule has 0 aliphatic carbocycles. The highest BCUT2D eigenvalue weighted by atomic mass is 35.5. The van der Waals surface area contributed by atoms with Gasteiger partial charge in [-0.1, -0.05) is 29.8 Å². The van der Waals surface area contributed by atoms with E-state index in [-0.39, 0.29) is 11.3 Å². The van der Waals surface area contributed by atoms with Crippen LogP contribution in [0.15, 0.2) is 66.0 Å². The molecule has 2 N–H and O–H groups in total. The first-order valence-electron chi connectivity index (χ1n) is 7.70. The maximum Gasteiger partial charge on any atom is 0.276 e. The Labute approximate surface area is 152 Å². The van der Waals surface area contributed by atoms with Crippen LogP contribution in [0.3, 0.4) is 0 Å². The number of carbonyl (C=O) groups is 1. The Morgan fingerprint density at radius 3 is 2.69 bits per heavy atom. The summed E-state index contributed by atoms with van der Waals surface area (Å²) in [7, 11) is 0. The summed E-state index contributed by atoms with van der Waals surface area (Å²) in [4.78, 5) is 28.4. The van der Waals surface area contributed by atoms with Crippen molar-refractivity contribution in [2.75, 3.05) is 5.32 Å². The fourth-order valence-electron chi connectivity index (χ4n) is 2.67. The molecule has 0 spiro atoms. The molecule has 26 heavy (non-hydrogen) atoms. The first-order valence-corrected chi connectivity index (χ1v) is 8.08. The minimum Gasteiger partial charge on any atom is -0.321 e. The van der Waals surface area contributed by atoms with Crippen molar-refractivity contribution in [1.82, 2.24) is 19.7 Å². The van der Waals surface area contributed by atoms with Gasteiger partial charge in [-0.3, -0.25) is 9.59 Å². The third-order valence-electron chi connectivity index (χ3n) is 3.90. The van der Waals surface area contributed by atoms with E-state index in [1.165, 1.54) is 0 Å². The summed E-state index contributed by atoms with van der Waals surface area (Å²) >= 11 is 6.30. The summed E-state index contributed by atoms with van der Waals surface area (Å²) in [6.45, 7) is 0. The van der Waals surface area contributed by atoms with Crippen molar-refractivity contribution in [3.63, 3.8) is 0 Å². The van der Waals surface area contributed by atoms with E-state index in [9.17, 15) is 9.59 Å². The Balaban J connectivity index is 1.66. The van der Waals surface area contributed by atoms with Gasteiger partial charge in [-0.2, -0.15) is 5.10 Å². The fourth-order valence-corrected chi connectivity index (χ4v) is 2.95. The van der Waals surface area contributed by atoms with E-state index in [1.807, 2.05) is 0 Å². The minimum atomic E-state index is -0.441. The molecule has 2 aromatic heterocycles. The van der Waals surface area contributed by atoms with Gasteiger partial charge in [-0.15, -0.1) is 0 Å². The van der Waals surface area contributed by atoms with Crippen LogP contribution in [0.2, 0.25) is 5.02 Å². The van der Waals surface area contributed by atoms with Crippen LogP contribution in [0.4, 0.5) is 5.69 Å². The molecule has 4 aromatic rings. The molecule has 0 fully saturated rings. The van der Waals surface area contributed by atoms with Crippen molar-refractivity contribution < 1.29 is 4.79 Å². The normalized spacial score (nSPS) is 10.8.